The normalized spacial score (nSPS) is 11.2. The molecule has 3 heterocycles. The molecule has 158 valence electrons. The summed E-state index contributed by atoms with van der Waals surface area (Å²) in [5.41, 5.74) is 6.80. The number of ketones is 1. The highest BCUT2D eigenvalue weighted by Crippen LogP contribution is 2.23. The summed E-state index contributed by atoms with van der Waals surface area (Å²) in [4.78, 5) is 46.9. The van der Waals surface area contributed by atoms with Gasteiger partial charge in [0.1, 0.15) is 11.3 Å². The number of primary amides is 1. The number of hydrogen-bond donors (Lipinski definition) is 1. The molecule has 0 fully saturated rings. The topological polar surface area (TPSA) is 126 Å². The number of hydrogen-bond acceptors (Lipinski definition) is 6. The van der Waals surface area contributed by atoms with E-state index in [4.69, 9.17) is 10.2 Å². The maximum Gasteiger partial charge on any atom is 0.330 e. The first-order chi connectivity index (χ1) is 14.8. The Morgan fingerprint density at radius 1 is 1.03 bits per heavy atom. The van der Waals surface area contributed by atoms with Gasteiger partial charge in [-0.25, -0.2) is 14.8 Å². The molecule has 31 heavy (non-hydrogen) atoms. The van der Waals surface area contributed by atoms with Gasteiger partial charge in [-0.2, -0.15) is 0 Å². The Bertz CT molecular complexity index is 1380. The second kappa shape index (κ2) is 7.67. The molecule has 0 aliphatic heterocycles. The largest absolute Gasteiger partial charge is 0.458 e. The molecule has 0 unspecified atom stereocenters. The van der Waals surface area contributed by atoms with Crippen molar-refractivity contribution in [3.05, 3.63) is 69.5 Å². The predicted octanol–water partition coefficient (Wildman–Crippen LogP) is 2.47. The molecule has 1 aromatic carbocycles. The number of rotatable bonds is 6. The van der Waals surface area contributed by atoms with Crippen LogP contribution in [0.1, 0.15) is 39.1 Å². The fourth-order valence-corrected chi connectivity index (χ4v) is 3.45. The molecule has 2 N–H and O–H groups in total. The summed E-state index contributed by atoms with van der Waals surface area (Å²) in [5, 5.41) is 0. The van der Waals surface area contributed by atoms with Crippen molar-refractivity contribution in [3.63, 3.8) is 0 Å². The number of Topliss-reactive ketones (excluding diaryl/α,β-unsaturated/α-hetero) is 1. The number of amides is 1. The van der Waals surface area contributed by atoms with Crippen LogP contribution in [0.3, 0.4) is 0 Å². The zero-order valence-corrected chi connectivity index (χ0v) is 17.4. The van der Waals surface area contributed by atoms with Crippen molar-refractivity contribution in [1.29, 1.82) is 0 Å². The van der Waals surface area contributed by atoms with E-state index in [9.17, 15) is 14.4 Å². The molecule has 9 heteroatoms. The van der Waals surface area contributed by atoms with Gasteiger partial charge in [0.05, 0.1) is 6.54 Å². The average Bonchev–Trinajstić information content (AvgIpc) is 3.29. The zero-order valence-electron chi connectivity index (χ0n) is 17.4. The van der Waals surface area contributed by atoms with Gasteiger partial charge < -0.3 is 10.2 Å². The van der Waals surface area contributed by atoms with Crippen LogP contribution < -0.4 is 11.4 Å². The van der Waals surface area contributed by atoms with Crippen molar-refractivity contribution in [3.8, 4) is 11.6 Å². The van der Waals surface area contributed by atoms with E-state index >= 15 is 0 Å². The molecule has 1 amide bonds. The Kier molecular flexibility index (Phi) is 5.02. The van der Waals surface area contributed by atoms with E-state index in [-0.39, 0.29) is 41.6 Å². The molecular weight excluding hydrogens is 398 g/mol. The molecular formula is C22H21N5O4. The fraction of sp³-hybridized carbons (Fsp3) is 0.227. The minimum absolute atomic E-state index is 0.131. The minimum Gasteiger partial charge on any atom is -0.458 e. The molecule has 0 bridgehead atoms. The van der Waals surface area contributed by atoms with Gasteiger partial charge in [-0.1, -0.05) is 29.8 Å². The number of nitrogens with zero attached hydrogens (tertiary/aromatic N) is 4. The van der Waals surface area contributed by atoms with Gasteiger partial charge in [0.15, 0.2) is 28.7 Å². The van der Waals surface area contributed by atoms with Gasteiger partial charge in [-0.15, -0.1) is 0 Å². The molecule has 9 nitrogen and oxygen atoms in total. The third-order valence-electron chi connectivity index (χ3n) is 5.04. The highest BCUT2D eigenvalue weighted by molar-refractivity contribution is 6.03. The second-order valence-corrected chi connectivity index (χ2v) is 7.24. The highest BCUT2D eigenvalue weighted by Gasteiger charge is 2.25. The van der Waals surface area contributed by atoms with E-state index in [2.05, 4.69) is 9.97 Å². The van der Waals surface area contributed by atoms with Crippen LogP contribution in [0.4, 0.5) is 0 Å². The summed E-state index contributed by atoms with van der Waals surface area (Å²) in [7, 11) is 0. The van der Waals surface area contributed by atoms with E-state index in [0.717, 1.165) is 5.56 Å². The molecule has 0 saturated heterocycles. The van der Waals surface area contributed by atoms with Crippen molar-refractivity contribution in [2.24, 2.45) is 5.73 Å². The van der Waals surface area contributed by atoms with Gasteiger partial charge >= 0.3 is 5.69 Å². The first-order valence-electron chi connectivity index (χ1n) is 9.77. The van der Waals surface area contributed by atoms with Crippen molar-refractivity contribution in [2.45, 2.75) is 33.9 Å². The van der Waals surface area contributed by atoms with E-state index < -0.39 is 11.6 Å². The third kappa shape index (κ3) is 3.54. The molecule has 4 rings (SSSR count). The van der Waals surface area contributed by atoms with Crippen molar-refractivity contribution in [1.82, 2.24) is 19.1 Å². The van der Waals surface area contributed by atoms with Crippen LogP contribution in [-0.4, -0.2) is 30.8 Å². The van der Waals surface area contributed by atoms with E-state index in [1.165, 1.54) is 9.13 Å². The monoisotopic (exact) mass is 419 g/mol. The lowest BCUT2D eigenvalue weighted by atomic mass is 10.1. The molecule has 0 radical (unpaired) electrons. The minimum atomic E-state index is -0.832. The standard InChI is InChI=1S/C22H21N5O4/c1-4-26-21-18(17(19(23)29)24-20(25-21)16-10-7-13(3)31-16)27(22(26)30)11-15(28)14-8-5-12(2)6-9-14/h5-10H,4,11H2,1-3H3,(H2,23,29). The van der Waals surface area contributed by atoms with E-state index in [0.29, 0.717) is 17.1 Å². The van der Waals surface area contributed by atoms with Crippen molar-refractivity contribution >= 4 is 22.9 Å². The van der Waals surface area contributed by atoms with Crippen LogP contribution in [0.15, 0.2) is 45.6 Å². The zero-order chi connectivity index (χ0) is 22.3. The smallest absolute Gasteiger partial charge is 0.330 e. The summed E-state index contributed by atoms with van der Waals surface area (Å²) in [5.74, 6) is 0.0210. The maximum absolute atomic E-state index is 13.1. The lowest BCUT2D eigenvalue weighted by Gasteiger charge is -2.07. The molecule has 3 aromatic heterocycles. The SMILES string of the molecule is CCn1c(=O)n(CC(=O)c2ccc(C)cc2)c2c(C(N)=O)nc(-c3ccc(C)o3)nc21. The van der Waals surface area contributed by atoms with Gasteiger partial charge in [-0.05, 0) is 32.9 Å². The summed E-state index contributed by atoms with van der Waals surface area (Å²) in [6, 6.07) is 10.5. The van der Waals surface area contributed by atoms with E-state index in [1.54, 1.807) is 38.1 Å². The first-order valence-corrected chi connectivity index (χ1v) is 9.77. The third-order valence-corrected chi connectivity index (χ3v) is 5.04. The van der Waals surface area contributed by atoms with Crippen LogP contribution in [0, 0.1) is 13.8 Å². The Balaban J connectivity index is 1.92. The van der Waals surface area contributed by atoms with Crippen LogP contribution in [0.25, 0.3) is 22.7 Å². The average molecular weight is 419 g/mol. The summed E-state index contributed by atoms with van der Waals surface area (Å²) >= 11 is 0. The van der Waals surface area contributed by atoms with Crippen LogP contribution in [0.5, 0.6) is 0 Å². The number of nitrogens with two attached hydrogens (primary N) is 1. The molecule has 0 atom stereocenters. The number of carbonyl (C=O) groups is 2. The predicted molar refractivity (Wildman–Crippen MR) is 114 cm³/mol. The maximum atomic E-state index is 13.1. The Morgan fingerprint density at radius 2 is 1.74 bits per heavy atom. The molecule has 0 spiro atoms. The highest BCUT2D eigenvalue weighted by atomic mass is 16.3. The molecule has 0 aliphatic carbocycles. The first kappa shape index (κ1) is 20.3. The molecule has 4 aromatic rings. The molecule has 0 saturated carbocycles. The summed E-state index contributed by atoms with van der Waals surface area (Å²) in [6.45, 7) is 5.48. The van der Waals surface area contributed by atoms with Gasteiger partial charge in [-0.3, -0.25) is 18.7 Å². The van der Waals surface area contributed by atoms with Crippen molar-refractivity contribution in [2.75, 3.05) is 0 Å². The number of carbonyl (C=O) groups excluding carboxylic acids is 2. The summed E-state index contributed by atoms with van der Waals surface area (Å²) < 4.78 is 8.16. The lowest BCUT2D eigenvalue weighted by Crippen LogP contribution is -2.27. The fourth-order valence-electron chi connectivity index (χ4n) is 3.45. The van der Waals surface area contributed by atoms with Crippen LogP contribution >= 0.6 is 0 Å². The number of aryl methyl sites for hydroxylation is 3. The Labute approximate surface area is 177 Å². The number of imidazole rings is 1. The number of furan rings is 1. The van der Waals surface area contributed by atoms with Crippen LogP contribution in [-0.2, 0) is 13.1 Å². The number of benzene rings is 1. The van der Waals surface area contributed by atoms with Crippen molar-refractivity contribution < 1.29 is 14.0 Å². The van der Waals surface area contributed by atoms with Gasteiger partial charge in [0.2, 0.25) is 0 Å². The number of aromatic nitrogens is 4. The number of fused-ring (bicyclic) bond motifs is 1. The Morgan fingerprint density at radius 3 is 2.32 bits per heavy atom. The van der Waals surface area contributed by atoms with E-state index in [1.807, 2.05) is 19.1 Å². The lowest BCUT2D eigenvalue weighted by molar-refractivity contribution is 0.0966. The Hall–Kier alpha value is -4.01. The van der Waals surface area contributed by atoms with Gasteiger partial charge in [0.25, 0.3) is 5.91 Å². The second-order valence-electron chi connectivity index (χ2n) is 7.24. The molecule has 0 aliphatic rings. The van der Waals surface area contributed by atoms with Crippen LogP contribution in [0.2, 0.25) is 0 Å². The quantitative estimate of drug-likeness (QED) is 0.479. The van der Waals surface area contributed by atoms with Gasteiger partial charge in [0, 0.05) is 12.1 Å². The summed E-state index contributed by atoms with van der Waals surface area (Å²) in [6.07, 6.45) is 0.